The monoisotopic (exact) mass is 741 g/mol. The van der Waals surface area contributed by atoms with Crippen LogP contribution in [0.25, 0.3) is 0 Å². The normalized spacial score (nSPS) is 22.0. The number of amides is 2. The van der Waals surface area contributed by atoms with Crippen molar-refractivity contribution in [1.82, 2.24) is 15.0 Å². The van der Waals surface area contributed by atoms with E-state index in [0.29, 0.717) is 84.2 Å². The molecule has 14 heteroatoms. The number of carbonyl (C=O) groups is 3. The standard InChI is InChI=1S/C39H44FN5O7Si/c1-25-36(53(3,4)40)34(18-21-43-24-26(19-22-46)41-42-43)52-39(25)29-23-27(16-17-30(29)44(38(39)49)20-10-9-15-35(47)50-2)45-31-12-6-8-14-33(31)51-32-13-7-5-11-28(32)37(45)48/h5-8,11-14,16-17,23-25,34,36,46H,9-10,15,18-22H2,1-4H3/t25-,34+,36-,39+/m1/s1. The molecule has 3 aliphatic heterocycles. The molecule has 3 aromatic carbocycles. The molecule has 1 saturated heterocycles. The van der Waals surface area contributed by atoms with Crippen molar-refractivity contribution in [1.29, 1.82) is 0 Å². The molecule has 7 rings (SSSR count). The molecule has 1 N–H and O–H groups in total. The number of fused-ring (bicyclic) bond motifs is 4. The summed E-state index contributed by atoms with van der Waals surface area (Å²) in [5, 5.41) is 17.6. The third-order valence-corrected chi connectivity index (χ3v) is 13.1. The van der Waals surface area contributed by atoms with E-state index in [4.69, 9.17) is 14.2 Å². The minimum atomic E-state index is -3.47. The van der Waals surface area contributed by atoms with Crippen LogP contribution < -0.4 is 14.5 Å². The fraction of sp³-hybridized carbons (Fsp3) is 0.410. The van der Waals surface area contributed by atoms with Gasteiger partial charge in [-0.1, -0.05) is 36.4 Å². The molecule has 0 saturated carbocycles. The number of aliphatic hydroxyl groups is 1. The fourth-order valence-electron chi connectivity index (χ4n) is 8.31. The maximum Gasteiger partial charge on any atom is 0.305 e. The lowest BCUT2D eigenvalue weighted by Gasteiger charge is -2.31. The molecule has 53 heavy (non-hydrogen) atoms. The molecule has 0 radical (unpaired) electrons. The molecule has 1 aromatic heterocycles. The Morgan fingerprint density at radius 3 is 2.53 bits per heavy atom. The zero-order valence-electron chi connectivity index (χ0n) is 30.3. The number of esters is 1. The second kappa shape index (κ2) is 14.5. The zero-order valence-corrected chi connectivity index (χ0v) is 31.3. The molecule has 3 aliphatic rings. The first-order valence-electron chi connectivity index (χ1n) is 18.1. The van der Waals surface area contributed by atoms with Crippen LogP contribution in [0.15, 0.2) is 72.9 Å². The van der Waals surface area contributed by atoms with E-state index >= 15 is 4.11 Å². The number of halogens is 1. The van der Waals surface area contributed by atoms with E-state index in [1.165, 1.54) is 7.11 Å². The van der Waals surface area contributed by atoms with Crippen molar-refractivity contribution in [2.24, 2.45) is 5.92 Å². The van der Waals surface area contributed by atoms with Crippen LogP contribution in [-0.4, -0.2) is 72.7 Å². The average molecular weight is 742 g/mol. The molecular weight excluding hydrogens is 698 g/mol. The zero-order chi connectivity index (χ0) is 37.5. The van der Waals surface area contributed by atoms with Crippen molar-refractivity contribution in [3.63, 3.8) is 0 Å². The number of ether oxygens (including phenoxy) is 3. The molecule has 0 unspecified atom stereocenters. The number of anilines is 3. The predicted octanol–water partition coefficient (Wildman–Crippen LogP) is 6.45. The molecule has 4 atom stereocenters. The fourth-order valence-corrected chi connectivity index (χ4v) is 10.9. The number of carbonyl (C=O) groups excluding carboxylic acids is 3. The Balaban J connectivity index is 1.31. The summed E-state index contributed by atoms with van der Waals surface area (Å²) >= 11 is 0. The molecule has 1 spiro atoms. The minimum absolute atomic E-state index is 0.0506. The second-order valence-corrected chi connectivity index (χ2v) is 18.2. The van der Waals surface area contributed by atoms with Crippen LogP contribution in [0.1, 0.15) is 54.2 Å². The van der Waals surface area contributed by atoms with Crippen molar-refractivity contribution < 1.29 is 37.8 Å². The minimum Gasteiger partial charge on any atom is -0.469 e. The SMILES string of the molecule is COC(=O)CCCCN1C(=O)[C@@]2(O[C@@H](CCn3cc(CCO)nn3)[C@H]([Si](C)(C)F)[C@H]2C)c2cc(N3C(=O)c4ccccc4Oc4ccccc43)ccc21. The van der Waals surface area contributed by atoms with Gasteiger partial charge < -0.3 is 28.3 Å². The number of rotatable bonds is 12. The van der Waals surface area contributed by atoms with E-state index in [2.05, 4.69) is 10.3 Å². The van der Waals surface area contributed by atoms with Gasteiger partial charge in [-0.3, -0.25) is 24.0 Å². The number of nitrogens with zero attached hydrogens (tertiary/aromatic N) is 5. The van der Waals surface area contributed by atoms with Crippen LogP contribution in [0.3, 0.4) is 0 Å². The molecule has 0 aliphatic carbocycles. The molecule has 12 nitrogen and oxygen atoms in total. The van der Waals surface area contributed by atoms with Crippen LogP contribution in [0, 0.1) is 5.92 Å². The smallest absolute Gasteiger partial charge is 0.305 e. The average Bonchev–Trinajstić information content (AvgIpc) is 3.76. The molecule has 1 fully saturated rings. The highest BCUT2D eigenvalue weighted by Crippen LogP contribution is 2.61. The van der Waals surface area contributed by atoms with Gasteiger partial charge in [0.05, 0.1) is 35.8 Å². The summed E-state index contributed by atoms with van der Waals surface area (Å²) < 4.78 is 36.3. The number of para-hydroxylation sites is 3. The number of benzene rings is 3. The lowest BCUT2D eigenvalue weighted by molar-refractivity contribution is -0.146. The first-order chi connectivity index (χ1) is 25.5. The van der Waals surface area contributed by atoms with Gasteiger partial charge in [0.25, 0.3) is 11.8 Å². The summed E-state index contributed by atoms with van der Waals surface area (Å²) in [5.41, 5.74) is 1.18. The summed E-state index contributed by atoms with van der Waals surface area (Å²) in [6.07, 6.45) is 3.14. The van der Waals surface area contributed by atoms with Crippen LogP contribution >= 0.6 is 0 Å². The summed E-state index contributed by atoms with van der Waals surface area (Å²) in [7, 11) is -2.12. The summed E-state index contributed by atoms with van der Waals surface area (Å²) in [6, 6.07) is 19.9. The number of methoxy groups -OCH3 is 1. The van der Waals surface area contributed by atoms with Gasteiger partial charge in [0.1, 0.15) is 5.75 Å². The summed E-state index contributed by atoms with van der Waals surface area (Å²) in [6.45, 7) is 5.85. The van der Waals surface area contributed by atoms with Gasteiger partial charge in [-0.05, 0) is 74.8 Å². The van der Waals surface area contributed by atoms with Crippen molar-refractivity contribution in [3.8, 4) is 11.5 Å². The topological polar surface area (TPSA) is 136 Å². The molecule has 0 bridgehead atoms. The highest BCUT2D eigenvalue weighted by atomic mass is 28.4. The Morgan fingerprint density at radius 2 is 1.77 bits per heavy atom. The number of aliphatic hydroxyl groups excluding tert-OH is 1. The largest absolute Gasteiger partial charge is 0.469 e. The van der Waals surface area contributed by atoms with E-state index in [9.17, 15) is 19.5 Å². The van der Waals surface area contributed by atoms with Crippen LogP contribution in [0.2, 0.25) is 18.6 Å². The number of hydrogen-bond acceptors (Lipinski definition) is 9. The van der Waals surface area contributed by atoms with Gasteiger partial charge in [-0.15, -0.1) is 5.10 Å². The molecule has 2 amide bonds. The quantitative estimate of drug-likeness (QED) is 0.0752. The highest BCUT2D eigenvalue weighted by Gasteiger charge is 2.66. The van der Waals surface area contributed by atoms with Gasteiger partial charge in [0.15, 0.2) is 11.4 Å². The van der Waals surface area contributed by atoms with Gasteiger partial charge in [0, 0.05) is 61.4 Å². The van der Waals surface area contributed by atoms with Crippen molar-refractivity contribution >= 4 is 43.3 Å². The first kappa shape index (κ1) is 36.4. The predicted molar refractivity (Wildman–Crippen MR) is 198 cm³/mol. The molecular formula is C39H44FN5O7Si. The number of aryl methyl sites for hydroxylation is 1. The van der Waals surface area contributed by atoms with Crippen molar-refractivity contribution in [3.05, 3.63) is 89.7 Å². The lowest BCUT2D eigenvalue weighted by atomic mass is 9.82. The summed E-state index contributed by atoms with van der Waals surface area (Å²) in [5.74, 6) is -0.541. The van der Waals surface area contributed by atoms with Crippen LogP contribution in [0.5, 0.6) is 11.5 Å². The Labute approximate surface area is 308 Å². The van der Waals surface area contributed by atoms with Gasteiger partial charge >= 0.3 is 5.97 Å². The van der Waals surface area contributed by atoms with Gasteiger partial charge in [-0.25, -0.2) is 0 Å². The molecule has 278 valence electrons. The maximum absolute atomic E-state index is 16.6. The Bertz CT molecular complexity index is 2030. The van der Waals surface area contributed by atoms with Crippen molar-refractivity contribution in [2.75, 3.05) is 30.1 Å². The highest BCUT2D eigenvalue weighted by molar-refractivity contribution is 6.72. The Kier molecular flexibility index (Phi) is 9.96. The van der Waals surface area contributed by atoms with Gasteiger partial charge in [-0.2, -0.15) is 0 Å². The third kappa shape index (κ3) is 6.53. The lowest BCUT2D eigenvalue weighted by Crippen LogP contribution is -2.45. The van der Waals surface area contributed by atoms with Crippen LogP contribution in [0.4, 0.5) is 21.2 Å². The van der Waals surface area contributed by atoms with Gasteiger partial charge in [0.2, 0.25) is 8.41 Å². The van der Waals surface area contributed by atoms with Crippen molar-refractivity contribution in [2.45, 2.75) is 75.9 Å². The molecule has 4 aromatic rings. The number of unbranched alkanes of at least 4 members (excludes halogenated alkanes) is 1. The van der Waals surface area contributed by atoms with Crippen LogP contribution in [-0.2, 0) is 37.6 Å². The Morgan fingerprint density at radius 1 is 1.02 bits per heavy atom. The molecule has 4 heterocycles. The van der Waals surface area contributed by atoms with E-state index in [-0.39, 0.29) is 30.8 Å². The Hall–Kier alpha value is -4.92. The number of hydrogen-bond donors (Lipinski definition) is 1. The third-order valence-electron chi connectivity index (χ3n) is 10.7. The summed E-state index contributed by atoms with van der Waals surface area (Å²) in [4.78, 5) is 44.5. The maximum atomic E-state index is 16.6. The van der Waals surface area contributed by atoms with E-state index < -0.39 is 31.6 Å². The van der Waals surface area contributed by atoms with E-state index in [1.54, 1.807) is 58.0 Å². The van der Waals surface area contributed by atoms with E-state index in [1.807, 2.05) is 49.4 Å². The van der Waals surface area contributed by atoms with E-state index in [0.717, 1.165) is 0 Å². The second-order valence-electron chi connectivity index (χ2n) is 14.4. The first-order valence-corrected chi connectivity index (χ1v) is 21.0. The number of aromatic nitrogens is 3.